The Balaban J connectivity index is 1.51. The van der Waals surface area contributed by atoms with E-state index in [1.807, 2.05) is 0 Å². The molecule has 1 aromatic rings. The number of carbonyl (C=O) groups is 2. The Labute approximate surface area is 162 Å². The average Bonchev–Trinajstić information content (AvgIpc) is 3.17. The van der Waals surface area contributed by atoms with Crippen molar-refractivity contribution in [2.45, 2.75) is 52.2 Å². The van der Waals surface area contributed by atoms with Crippen LogP contribution in [0.25, 0.3) is 0 Å². The quantitative estimate of drug-likeness (QED) is 0.691. The van der Waals surface area contributed by atoms with Crippen molar-refractivity contribution in [3.63, 3.8) is 0 Å². The Morgan fingerprint density at radius 3 is 2.52 bits per heavy atom. The van der Waals surface area contributed by atoms with Crippen LogP contribution >= 0.6 is 0 Å². The molecule has 3 rings (SSSR count). The summed E-state index contributed by atoms with van der Waals surface area (Å²) in [6, 6.07) is 8.56. The molecule has 2 fully saturated rings. The predicted molar refractivity (Wildman–Crippen MR) is 105 cm³/mol. The van der Waals surface area contributed by atoms with Gasteiger partial charge in [0.1, 0.15) is 0 Å². The van der Waals surface area contributed by atoms with E-state index in [0.717, 1.165) is 51.9 Å². The molecule has 0 N–H and O–H groups in total. The van der Waals surface area contributed by atoms with Crippen molar-refractivity contribution in [1.29, 1.82) is 0 Å². The van der Waals surface area contributed by atoms with Crippen molar-refractivity contribution in [1.82, 2.24) is 9.80 Å². The average molecular weight is 373 g/mol. The Hall–Kier alpha value is -1.72. The minimum absolute atomic E-state index is 0.0921. The lowest BCUT2D eigenvalue weighted by molar-refractivity contribution is -0.145. The first-order valence-electron chi connectivity index (χ1n) is 10.2. The number of rotatable bonds is 7. The van der Waals surface area contributed by atoms with Crippen molar-refractivity contribution in [2.75, 3.05) is 32.8 Å². The molecule has 2 aliphatic heterocycles. The van der Waals surface area contributed by atoms with Gasteiger partial charge in [-0.3, -0.25) is 14.5 Å². The second-order valence-corrected chi connectivity index (χ2v) is 8.05. The molecular weight excluding hydrogens is 340 g/mol. The van der Waals surface area contributed by atoms with E-state index in [2.05, 4.69) is 36.1 Å². The number of carbonyl (C=O) groups excluding carboxylic acids is 2. The number of piperidine rings is 1. The van der Waals surface area contributed by atoms with E-state index < -0.39 is 0 Å². The third-order valence-electron chi connectivity index (χ3n) is 5.88. The number of hydrogen-bond donors (Lipinski definition) is 0. The second-order valence-electron chi connectivity index (χ2n) is 8.05. The fraction of sp³-hybridized carbons (Fsp3) is 0.636. The van der Waals surface area contributed by atoms with E-state index >= 15 is 0 Å². The van der Waals surface area contributed by atoms with Gasteiger partial charge in [0.25, 0.3) is 5.91 Å². The molecule has 0 radical (unpaired) electrons. The molecule has 1 aromatic carbocycles. The van der Waals surface area contributed by atoms with Crippen LogP contribution in [0.3, 0.4) is 0 Å². The summed E-state index contributed by atoms with van der Waals surface area (Å²) in [5, 5.41) is 0. The summed E-state index contributed by atoms with van der Waals surface area (Å²) in [6.07, 6.45) is 4.26. The van der Waals surface area contributed by atoms with Crippen LogP contribution in [0.5, 0.6) is 0 Å². The van der Waals surface area contributed by atoms with Gasteiger partial charge in [-0.1, -0.05) is 24.3 Å². The number of Topliss-reactive ketones (excluding diaryl/α,β-unsaturated/α-hetero) is 1. The molecule has 5 nitrogen and oxygen atoms in total. The number of ether oxygens (including phenoxy) is 1. The van der Waals surface area contributed by atoms with Gasteiger partial charge in [0.15, 0.2) is 0 Å². The SMILES string of the molecule is CC(=O)C(=O)N(CC1CCN(Cc2ccccc2C)CC1)C[C@@H]1CCCO1. The number of ketones is 1. The smallest absolute Gasteiger partial charge is 0.289 e. The van der Waals surface area contributed by atoms with Crippen LogP contribution in [0, 0.1) is 12.8 Å². The van der Waals surface area contributed by atoms with E-state index in [4.69, 9.17) is 4.74 Å². The summed E-state index contributed by atoms with van der Waals surface area (Å²) >= 11 is 0. The molecular formula is C22H32N2O3. The zero-order valence-electron chi connectivity index (χ0n) is 16.7. The maximum Gasteiger partial charge on any atom is 0.289 e. The van der Waals surface area contributed by atoms with Gasteiger partial charge < -0.3 is 9.64 Å². The van der Waals surface area contributed by atoms with Crippen molar-refractivity contribution >= 4 is 11.7 Å². The third kappa shape index (κ3) is 5.63. The molecule has 2 saturated heterocycles. The van der Waals surface area contributed by atoms with Crippen LogP contribution in [0.1, 0.15) is 43.7 Å². The highest BCUT2D eigenvalue weighted by molar-refractivity contribution is 6.35. The summed E-state index contributed by atoms with van der Waals surface area (Å²) in [7, 11) is 0. The molecule has 5 heteroatoms. The van der Waals surface area contributed by atoms with Crippen LogP contribution in [-0.4, -0.2) is 60.4 Å². The lowest BCUT2D eigenvalue weighted by Gasteiger charge is -2.35. The number of amides is 1. The van der Waals surface area contributed by atoms with Crippen LogP contribution in [0.2, 0.25) is 0 Å². The summed E-state index contributed by atoms with van der Waals surface area (Å²) < 4.78 is 5.68. The van der Waals surface area contributed by atoms with E-state index in [1.165, 1.54) is 18.1 Å². The van der Waals surface area contributed by atoms with Gasteiger partial charge in [-0.05, 0) is 62.7 Å². The van der Waals surface area contributed by atoms with Crippen molar-refractivity contribution in [2.24, 2.45) is 5.92 Å². The highest BCUT2D eigenvalue weighted by atomic mass is 16.5. The highest BCUT2D eigenvalue weighted by Gasteiger charge is 2.28. The van der Waals surface area contributed by atoms with Gasteiger partial charge in [-0.15, -0.1) is 0 Å². The van der Waals surface area contributed by atoms with Gasteiger partial charge >= 0.3 is 0 Å². The predicted octanol–water partition coefficient (Wildman–Crippen LogP) is 2.80. The minimum Gasteiger partial charge on any atom is -0.376 e. The van der Waals surface area contributed by atoms with Crippen LogP contribution in [0.4, 0.5) is 0 Å². The Kier molecular flexibility index (Phi) is 7.02. The maximum atomic E-state index is 12.4. The fourth-order valence-electron chi connectivity index (χ4n) is 4.16. The number of nitrogens with zero attached hydrogens (tertiary/aromatic N) is 2. The van der Waals surface area contributed by atoms with Gasteiger partial charge in [0.05, 0.1) is 6.10 Å². The number of hydrogen-bond acceptors (Lipinski definition) is 4. The Bertz CT molecular complexity index is 647. The van der Waals surface area contributed by atoms with Crippen LogP contribution in [0.15, 0.2) is 24.3 Å². The largest absolute Gasteiger partial charge is 0.376 e. The number of likely N-dealkylation sites (tertiary alicyclic amines) is 1. The summed E-state index contributed by atoms with van der Waals surface area (Å²) in [5.74, 6) is -0.263. The summed E-state index contributed by atoms with van der Waals surface area (Å²) in [6.45, 7) is 8.61. The van der Waals surface area contributed by atoms with Crippen LogP contribution < -0.4 is 0 Å². The number of aryl methyl sites for hydroxylation is 1. The van der Waals surface area contributed by atoms with Gasteiger partial charge in [-0.2, -0.15) is 0 Å². The number of benzene rings is 1. The Morgan fingerprint density at radius 1 is 1.15 bits per heavy atom. The van der Waals surface area contributed by atoms with E-state index in [1.54, 1.807) is 4.90 Å². The van der Waals surface area contributed by atoms with E-state index in [9.17, 15) is 9.59 Å². The first-order valence-corrected chi connectivity index (χ1v) is 10.2. The molecule has 0 spiro atoms. The minimum atomic E-state index is -0.370. The molecule has 0 saturated carbocycles. The molecule has 1 atom stereocenters. The van der Waals surface area contributed by atoms with Gasteiger partial charge in [0, 0.05) is 33.2 Å². The lowest BCUT2D eigenvalue weighted by Crippen LogP contribution is -2.45. The molecule has 27 heavy (non-hydrogen) atoms. The molecule has 0 aliphatic carbocycles. The molecule has 1 amide bonds. The first-order chi connectivity index (χ1) is 13.0. The molecule has 0 unspecified atom stereocenters. The zero-order valence-corrected chi connectivity index (χ0v) is 16.7. The molecule has 148 valence electrons. The highest BCUT2D eigenvalue weighted by Crippen LogP contribution is 2.22. The zero-order chi connectivity index (χ0) is 19.2. The maximum absolute atomic E-state index is 12.4. The summed E-state index contributed by atoms with van der Waals surface area (Å²) in [5.41, 5.74) is 2.73. The van der Waals surface area contributed by atoms with E-state index in [-0.39, 0.29) is 17.8 Å². The fourth-order valence-corrected chi connectivity index (χ4v) is 4.16. The summed E-state index contributed by atoms with van der Waals surface area (Å²) in [4.78, 5) is 28.3. The molecule has 0 bridgehead atoms. The molecule has 0 aromatic heterocycles. The van der Waals surface area contributed by atoms with Crippen LogP contribution in [-0.2, 0) is 20.9 Å². The normalized spacial score (nSPS) is 21.3. The first kappa shape index (κ1) is 20.0. The lowest BCUT2D eigenvalue weighted by atomic mass is 9.95. The van der Waals surface area contributed by atoms with Crippen molar-refractivity contribution in [3.8, 4) is 0 Å². The monoisotopic (exact) mass is 372 g/mol. The second kappa shape index (κ2) is 9.47. The van der Waals surface area contributed by atoms with E-state index in [0.29, 0.717) is 19.0 Å². The molecule has 2 heterocycles. The standard InChI is InChI=1S/C22H32N2O3/c1-17-6-3-4-7-20(17)15-23-11-9-19(10-12-23)14-24(22(26)18(2)25)16-21-8-5-13-27-21/h3-4,6-7,19,21H,5,8-16H2,1-2H3/t21-/m0/s1. The van der Waals surface area contributed by atoms with Crippen molar-refractivity contribution in [3.05, 3.63) is 35.4 Å². The third-order valence-corrected chi connectivity index (χ3v) is 5.88. The Morgan fingerprint density at radius 2 is 1.89 bits per heavy atom. The topological polar surface area (TPSA) is 49.9 Å². The van der Waals surface area contributed by atoms with Gasteiger partial charge in [0.2, 0.25) is 5.78 Å². The van der Waals surface area contributed by atoms with Crippen molar-refractivity contribution < 1.29 is 14.3 Å². The van der Waals surface area contributed by atoms with Gasteiger partial charge in [-0.25, -0.2) is 0 Å². The molecule has 2 aliphatic rings.